The fourth-order valence-electron chi connectivity index (χ4n) is 1.55. The third kappa shape index (κ3) is 3.62. The minimum absolute atomic E-state index is 0.416. The van der Waals surface area contributed by atoms with E-state index in [4.69, 9.17) is 27.9 Å². The Bertz CT molecular complexity index is 644. The van der Waals surface area contributed by atoms with Gasteiger partial charge in [-0.3, -0.25) is 5.43 Å². The van der Waals surface area contributed by atoms with Crippen molar-refractivity contribution in [2.75, 3.05) is 12.5 Å². The number of benzene rings is 1. The van der Waals surface area contributed by atoms with Crippen LogP contribution >= 0.6 is 23.2 Å². The number of methoxy groups -OCH3 is 1. The molecule has 4 nitrogen and oxygen atoms in total. The van der Waals surface area contributed by atoms with Crippen LogP contribution < -0.4 is 10.2 Å². The predicted molar refractivity (Wildman–Crippen MR) is 83.1 cm³/mol. The number of nitrogens with one attached hydrogen (secondary N) is 1. The standard InChI is InChI=1S/C14H13Cl2N3O/c1-9(10-4-3-5-12(6-10)20-2)18-19-14-13(16)7-11(15)8-17-14/h3-8H,1-2H3,(H,17,19). The number of ether oxygens (including phenoxy) is 1. The van der Waals surface area contributed by atoms with Crippen molar-refractivity contribution in [2.24, 2.45) is 5.10 Å². The topological polar surface area (TPSA) is 46.5 Å². The summed E-state index contributed by atoms with van der Waals surface area (Å²) in [7, 11) is 1.63. The maximum Gasteiger partial charge on any atom is 0.165 e. The highest BCUT2D eigenvalue weighted by molar-refractivity contribution is 6.35. The fourth-order valence-corrected chi connectivity index (χ4v) is 1.97. The highest BCUT2D eigenvalue weighted by Gasteiger charge is 2.03. The van der Waals surface area contributed by atoms with E-state index in [1.807, 2.05) is 31.2 Å². The molecule has 0 aliphatic carbocycles. The van der Waals surface area contributed by atoms with Crippen LogP contribution in [0.4, 0.5) is 5.82 Å². The maximum absolute atomic E-state index is 6.01. The maximum atomic E-state index is 6.01. The van der Waals surface area contributed by atoms with E-state index in [9.17, 15) is 0 Å². The first kappa shape index (κ1) is 14.6. The fraction of sp³-hybridized carbons (Fsp3) is 0.143. The molecule has 0 amide bonds. The molecule has 2 rings (SSSR count). The van der Waals surface area contributed by atoms with Crippen LogP contribution in [0.3, 0.4) is 0 Å². The Balaban J connectivity index is 2.17. The van der Waals surface area contributed by atoms with Crippen molar-refractivity contribution in [3.8, 4) is 5.75 Å². The largest absolute Gasteiger partial charge is 0.497 e. The highest BCUT2D eigenvalue weighted by atomic mass is 35.5. The van der Waals surface area contributed by atoms with Crippen LogP contribution in [0.2, 0.25) is 10.0 Å². The second-order valence-electron chi connectivity index (χ2n) is 4.02. The SMILES string of the molecule is COc1cccc(C(C)=NNc2ncc(Cl)cc2Cl)c1. The van der Waals surface area contributed by atoms with Crippen molar-refractivity contribution >= 4 is 34.7 Å². The number of hydrogen-bond donors (Lipinski definition) is 1. The first-order valence-electron chi connectivity index (χ1n) is 5.86. The summed E-state index contributed by atoms with van der Waals surface area (Å²) in [6.07, 6.45) is 1.51. The van der Waals surface area contributed by atoms with E-state index in [1.165, 1.54) is 6.20 Å². The van der Waals surface area contributed by atoms with Gasteiger partial charge in [0.15, 0.2) is 5.82 Å². The van der Waals surface area contributed by atoms with Gasteiger partial charge >= 0.3 is 0 Å². The molecule has 0 aliphatic heterocycles. The summed E-state index contributed by atoms with van der Waals surface area (Å²) in [4.78, 5) is 4.07. The molecule has 104 valence electrons. The minimum Gasteiger partial charge on any atom is -0.497 e. The van der Waals surface area contributed by atoms with Crippen LogP contribution in [-0.4, -0.2) is 17.8 Å². The second-order valence-corrected chi connectivity index (χ2v) is 4.87. The molecule has 0 aliphatic rings. The summed E-state index contributed by atoms with van der Waals surface area (Å²) in [6, 6.07) is 9.23. The average molecular weight is 310 g/mol. The summed E-state index contributed by atoms with van der Waals surface area (Å²) in [5.41, 5.74) is 4.56. The zero-order valence-electron chi connectivity index (χ0n) is 11.0. The van der Waals surface area contributed by atoms with Crippen LogP contribution in [-0.2, 0) is 0 Å². The third-order valence-electron chi connectivity index (χ3n) is 2.62. The molecule has 1 aromatic heterocycles. The lowest BCUT2D eigenvalue weighted by atomic mass is 10.1. The molecule has 0 bridgehead atoms. The van der Waals surface area contributed by atoms with Crippen molar-refractivity contribution in [3.63, 3.8) is 0 Å². The summed E-state index contributed by atoms with van der Waals surface area (Å²) < 4.78 is 5.18. The van der Waals surface area contributed by atoms with Crippen molar-refractivity contribution < 1.29 is 4.74 Å². The van der Waals surface area contributed by atoms with Crippen LogP contribution in [0, 0.1) is 0 Å². The van der Waals surface area contributed by atoms with Gasteiger partial charge in [0.2, 0.25) is 0 Å². The number of anilines is 1. The summed E-state index contributed by atoms with van der Waals surface area (Å²) >= 11 is 11.8. The molecular formula is C14H13Cl2N3O. The average Bonchev–Trinajstić information content (AvgIpc) is 2.46. The lowest BCUT2D eigenvalue weighted by Crippen LogP contribution is -2.01. The van der Waals surface area contributed by atoms with Gasteiger partial charge in [-0.1, -0.05) is 35.3 Å². The molecule has 0 saturated heterocycles. The number of aromatic nitrogens is 1. The number of hydrazone groups is 1. The number of halogens is 2. The van der Waals surface area contributed by atoms with E-state index in [-0.39, 0.29) is 0 Å². The molecule has 0 saturated carbocycles. The van der Waals surface area contributed by atoms with E-state index < -0.39 is 0 Å². The van der Waals surface area contributed by atoms with Gasteiger partial charge in [0.1, 0.15) is 5.75 Å². The van der Waals surface area contributed by atoms with Crippen LogP contribution in [0.5, 0.6) is 5.75 Å². The first-order valence-corrected chi connectivity index (χ1v) is 6.61. The molecule has 0 atom stereocenters. The van der Waals surface area contributed by atoms with Gasteiger partial charge in [-0.05, 0) is 25.1 Å². The summed E-state index contributed by atoms with van der Waals surface area (Å²) in [6.45, 7) is 1.88. The lowest BCUT2D eigenvalue weighted by Gasteiger charge is -2.06. The molecular weight excluding hydrogens is 297 g/mol. The Morgan fingerprint density at radius 3 is 2.80 bits per heavy atom. The molecule has 0 radical (unpaired) electrons. The van der Waals surface area contributed by atoms with Crippen molar-refractivity contribution in [3.05, 3.63) is 52.1 Å². The Kier molecular flexibility index (Phi) is 4.82. The van der Waals surface area contributed by atoms with Gasteiger partial charge in [-0.25, -0.2) is 4.98 Å². The molecule has 1 heterocycles. The molecule has 1 aromatic carbocycles. The molecule has 0 fully saturated rings. The number of nitrogens with zero attached hydrogens (tertiary/aromatic N) is 2. The molecule has 1 N–H and O–H groups in total. The lowest BCUT2D eigenvalue weighted by molar-refractivity contribution is 0.414. The van der Waals surface area contributed by atoms with Crippen molar-refractivity contribution in [1.29, 1.82) is 0 Å². The molecule has 2 aromatic rings. The smallest absolute Gasteiger partial charge is 0.165 e. The van der Waals surface area contributed by atoms with Gasteiger partial charge in [-0.15, -0.1) is 0 Å². The number of pyridine rings is 1. The van der Waals surface area contributed by atoms with E-state index in [1.54, 1.807) is 13.2 Å². The van der Waals surface area contributed by atoms with E-state index in [0.29, 0.717) is 15.9 Å². The van der Waals surface area contributed by atoms with Crippen LogP contribution in [0.25, 0.3) is 0 Å². The van der Waals surface area contributed by atoms with Gasteiger partial charge in [0.25, 0.3) is 0 Å². The Hall–Kier alpha value is -1.78. The van der Waals surface area contributed by atoms with E-state index >= 15 is 0 Å². The first-order chi connectivity index (χ1) is 9.60. The monoisotopic (exact) mass is 309 g/mol. The predicted octanol–water partition coefficient (Wildman–Crippen LogP) is 4.23. The van der Waals surface area contributed by atoms with E-state index in [0.717, 1.165) is 17.0 Å². The minimum atomic E-state index is 0.416. The number of rotatable bonds is 4. The molecule has 6 heteroatoms. The summed E-state index contributed by atoms with van der Waals surface area (Å²) in [5.74, 6) is 1.23. The quantitative estimate of drug-likeness (QED) is 0.679. The Morgan fingerprint density at radius 1 is 1.30 bits per heavy atom. The van der Waals surface area contributed by atoms with Gasteiger partial charge in [-0.2, -0.15) is 5.10 Å². The summed E-state index contributed by atoms with van der Waals surface area (Å²) in [5, 5.41) is 5.15. The van der Waals surface area contributed by atoms with Crippen molar-refractivity contribution in [2.45, 2.75) is 6.92 Å². The zero-order valence-corrected chi connectivity index (χ0v) is 12.5. The van der Waals surface area contributed by atoms with Gasteiger partial charge < -0.3 is 4.74 Å². The second kappa shape index (κ2) is 6.59. The van der Waals surface area contributed by atoms with Crippen LogP contribution in [0.1, 0.15) is 12.5 Å². The normalized spacial score (nSPS) is 11.3. The van der Waals surface area contributed by atoms with Crippen molar-refractivity contribution in [1.82, 2.24) is 4.98 Å². The Labute approximate surface area is 127 Å². The molecule has 20 heavy (non-hydrogen) atoms. The highest BCUT2D eigenvalue weighted by Crippen LogP contribution is 2.22. The third-order valence-corrected chi connectivity index (χ3v) is 3.12. The molecule has 0 spiro atoms. The van der Waals surface area contributed by atoms with Gasteiger partial charge in [0.05, 0.1) is 22.9 Å². The number of hydrogen-bond acceptors (Lipinski definition) is 4. The zero-order chi connectivity index (χ0) is 14.5. The van der Waals surface area contributed by atoms with Crippen LogP contribution in [0.15, 0.2) is 41.6 Å². The molecule has 0 unspecified atom stereocenters. The Morgan fingerprint density at radius 2 is 2.10 bits per heavy atom. The van der Waals surface area contributed by atoms with E-state index in [2.05, 4.69) is 15.5 Å². The van der Waals surface area contributed by atoms with Gasteiger partial charge in [0, 0.05) is 11.8 Å².